The number of rotatable bonds is 5. The molecule has 1 aromatic rings. The van der Waals surface area contributed by atoms with Crippen LogP contribution in [-0.2, 0) is 13.6 Å². The molecule has 1 atom stereocenters. The van der Waals surface area contributed by atoms with Gasteiger partial charge < -0.3 is 4.90 Å². The first-order valence-electron chi connectivity index (χ1n) is 4.84. The van der Waals surface area contributed by atoms with Crippen LogP contribution in [-0.4, -0.2) is 34.2 Å². The lowest BCUT2D eigenvalue weighted by atomic mass is 10.2. The fourth-order valence-corrected chi connectivity index (χ4v) is 1.61. The van der Waals surface area contributed by atoms with Gasteiger partial charge in [-0.2, -0.15) is 5.10 Å². The van der Waals surface area contributed by atoms with Gasteiger partial charge in [0.2, 0.25) is 0 Å². The lowest BCUT2D eigenvalue weighted by Gasteiger charge is -2.18. The van der Waals surface area contributed by atoms with E-state index in [-0.39, 0.29) is 0 Å². The fraction of sp³-hybridized carbons (Fsp3) is 0.700. The number of halogens is 1. The smallest absolute Gasteiger partial charge is 0.0534 e. The Hall–Kier alpha value is -0.540. The van der Waals surface area contributed by atoms with Crippen LogP contribution in [0, 0.1) is 5.92 Å². The number of hydrogen-bond acceptors (Lipinski definition) is 2. The monoisotopic (exact) mass is 215 g/mol. The number of aryl methyl sites for hydroxylation is 1. The second kappa shape index (κ2) is 5.37. The summed E-state index contributed by atoms with van der Waals surface area (Å²) in [5.41, 5.74) is 1.25. The van der Waals surface area contributed by atoms with Crippen LogP contribution in [0.2, 0.25) is 0 Å². The van der Waals surface area contributed by atoms with E-state index in [1.54, 1.807) is 0 Å². The van der Waals surface area contributed by atoms with Gasteiger partial charge in [0.15, 0.2) is 0 Å². The van der Waals surface area contributed by atoms with Gasteiger partial charge in [-0.1, -0.05) is 6.92 Å². The van der Waals surface area contributed by atoms with E-state index in [1.165, 1.54) is 5.56 Å². The molecule has 4 heteroatoms. The summed E-state index contributed by atoms with van der Waals surface area (Å²) >= 11 is 5.76. The summed E-state index contributed by atoms with van der Waals surface area (Å²) in [6.45, 7) is 4.13. The molecule has 0 aliphatic rings. The standard InChI is InChI=1S/C10H18ClN3/c1-9(4-11)6-13(2)7-10-5-12-14(3)8-10/h5,8-9H,4,6-7H2,1-3H3. The fourth-order valence-electron chi connectivity index (χ4n) is 1.51. The van der Waals surface area contributed by atoms with E-state index in [2.05, 4.69) is 24.0 Å². The molecule has 3 nitrogen and oxygen atoms in total. The summed E-state index contributed by atoms with van der Waals surface area (Å²) in [7, 11) is 4.04. The minimum absolute atomic E-state index is 0.540. The third-order valence-corrected chi connectivity index (χ3v) is 2.62. The van der Waals surface area contributed by atoms with Crippen LogP contribution >= 0.6 is 11.6 Å². The molecule has 0 aromatic carbocycles. The van der Waals surface area contributed by atoms with E-state index in [0.717, 1.165) is 19.0 Å². The highest BCUT2D eigenvalue weighted by Crippen LogP contribution is 2.05. The molecule has 0 bridgehead atoms. The third-order valence-electron chi connectivity index (χ3n) is 2.10. The third kappa shape index (κ3) is 3.68. The normalized spacial score (nSPS) is 13.5. The largest absolute Gasteiger partial charge is 0.302 e. The quantitative estimate of drug-likeness (QED) is 0.698. The average molecular weight is 216 g/mol. The van der Waals surface area contributed by atoms with Gasteiger partial charge in [0, 0.05) is 37.8 Å². The van der Waals surface area contributed by atoms with Crippen molar-refractivity contribution in [3.63, 3.8) is 0 Å². The predicted molar refractivity (Wildman–Crippen MR) is 59.4 cm³/mol. The number of alkyl halides is 1. The summed E-state index contributed by atoms with van der Waals surface area (Å²) in [6.07, 6.45) is 3.95. The highest BCUT2D eigenvalue weighted by molar-refractivity contribution is 6.18. The Bertz CT molecular complexity index is 272. The molecule has 1 aromatic heterocycles. The molecule has 0 amide bonds. The van der Waals surface area contributed by atoms with Crippen molar-refractivity contribution in [2.24, 2.45) is 13.0 Å². The number of nitrogens with zero attached hydrogens (tertiary/aromatic N) is 3. The molecule has 14 heavy (non-hydrogen) atoms. The van der Waals surface area contributed by atoms with Crippen LogP contribution in [0.5, 0.6) is 0 Å². The van der Waals surface area contributed by atoms with Crippen LogP contribution in [0.1, 0.15) is 12.5 Å². The SMILES string of the molecule is CC(CCl)CN(C)Cc1cnn(C)c1. The van der Waals surface area contributed by atoms with Crippen LogP contribution in [0.4, 0.5) is 0 Å². The zero-order chi connectivity index (χ0) is 10.6. The van der Waals surface area contributed by atoms with Gasteiger partial charge in [0.05, 0.1) is 6.20 Å². The summed E-state index contributed by atoms with van der Waals surface area (Å²) in [4.78, 5) is 2.27. The van der Waals surface area contributed by atoms with Crippen molar-refractivity contribution in [2.45, 2.75) is 13.5 Å². The van der Waals surface area contributed by atoms with Crippen molar-refractivity contribution >= 4 is 11.6 Å². The Balaban J connectivity index is 2.37. The molecule has 1 unspecified atom stereocenters. The molecule has 1 heterocycles. The van der Waals surface area contributed by atoms with Gasteiger partial charge in [-0.15, -0.1) is 11.6 Å². The van der Waals surface area contributed by atoms with Crippen molar-refractivity contribution in [2.75, 3.05) is 19.5 Å². The van der Waals surface area contributed by atoms with E-state index in [4.69, 9.17) is 11.6 Å². The lowest BCUT2D eigenvalue weighted by Crippen LogP contribution is -2.24. The molecule has 80 valence electrons. The Morgan fingerprint density at radius 2 is 2.36 bits per heavy atom. The zero-order valence-electron chi connectivity index (χ0n) is 9.07. The number of hydrogen-bond donors (Lipinski definition) is 0. The first kappa shape index (κ1) is 11.5. The molecule has 0 radical (unpaired) electrons. The van der Waals surface area contributed by atoms with Crippen LogP contribution in [0.15, 0.2) is 12.4 Å². The van der Waals surface area contributed by atoms with E-state index >= 15 is 0 Å². The minimum Gasteiger partial charge on any atom is -0.302 e. The Labute approximate surface area is 90.7 Å². The second-order valence-electron chi connectivity index (χ2n) is 3.98. The Kier molecular flexibility index (Phi) is 4.42. The molecule has 0 saturated heterocycles. The van der Waals surface area contributed by atoms with Gasteiger partial charge in [-0.25, -0.2) is 0 Å². The molecule has 0 saturated carbocycles. The number of aromatic nitrogens is 2. The Morgan fingerprint density at radius 1 is 1.64 bits per heavy atom. The van der Waals surface area contributed by atoms with Crippen molar-refractivity contribution in [1.82, 2.24) is 14.7 Å². The van der Waals surface area contributed by atoms with E-state index in [0.29, 0.717) is 5.92 Å². The van der Waals surface area contributed by atoms with Gasteiger partial charge in [-0.05, 0) is 13.0 Å². The molecular weight excluding hydrogens is 198 g/mol. The van der Waals surface area contributed by atoms with Crippen molar-refractivity contribution in [3.8, 4) is 0 Å². The van der Waals surface area contributed by atoms with Crippen molar-refractivity contribution in [1.29, 1.82) is 0 Å². The first-order valence-corrected chi connectivity index (χ1v) is 5.37. The van der Waals surface area contributed by atoms with E-state index < -0.39 is 0 Å². The van der Waals surface area contributed by atoms with Gasteiger partial charge in [0.25, 0.3) is 0 Å². The zero-order valence-corrected chi connectivity index (χ0v) is 9.83. The molecule has 1 rings (SSSR count). The second-order valence-corrected chi connectivity index (χ2v) is 4.29. The maximum Gasteiger partial charge on any atom is 0.0534 e. The highest BCUT2D eigenvalue weighted by atomic mass is 35.5. The molecule has 0 aliphatic heterocycles. The molecule has 0 aliphatic carbocycles. The summed E-state index contributed by atoms with van der Waals surface area (Å²) in [6, 6.07) is 0. The van der Waals surface area contributed by atoms with Crippen molar-refractivity contribution < 1.29 is 0 Å². The predicted octanol–water partition coefficient (Wildman–Crippen LogP) is 1.73. The molecular formula is C10H18ClN3. The van der Waals surface area contributed by atoms with Gasteiger partial charge >= 0.3 is 0 Å². The average Bonchev–Trinajstić information content (AvgIpc) is 2.50. The highest BCUT2D eigenvalue weighted by Gasteiger charge is 2.06. The van der Waals surface area contributed by atoms with Crippen LogP contribution in [0.3, 0.4) is 0 Å². The van der Waals surface area contributed by atoms with Crippen LogP contribution < -0.4 is 0 Å². The van der Waals surface area contributed by atoms with Gasteiger partial charge in [-0.3, -0.25) is 4.68 Å². The lowest BCUT2D eigenvalue weighted by molar-refractivity contribution is 0.290. The summed E-state index contributed by atoms with van der Waals surface area (Å²) in [5, 5.41) is 4.13. The maximum atomic E-state index is 5.76. The first-order chi connectivity index (χ1) is 6.61. The van der Waals surface area contributed by atoms with Crippen molar-refractivity contribution in [3.05, 3.63) is 18.0 Å². The minimum atomic E-state index is 0.540. The molecule has 0 N–H and O–H groups in total. The van der Waals surface area contributed by atoms with Crippen LogP contribution in [0.25, 0.3) is 0 Å². The topological polar surface area (TPSA) is 21.1 Å². The maximum absolute atomic E-state index is 5.76. The van der Waals surface area contributed by atoms with E-state index in [1.807, 2.05) is 24.1 Å². The summed E-state index contributed by atoms with van der Waals surface area (Å²) in [5.74, 6) is 1.26. The Morgan fingerprint density at radius 3 is 2.86 bits per heavy atom. The molecule has 0 fully saturated rings. The molecule has 0 spiro atoms. The van der Waals surface area contributed by atoms with E-state index in [9.17, 15) is 0 Å². The van der Waals surface area contributed by atoms with Gasteiger partial charge in [0.1, 0.15) is 0 Å². The summed E-state index contributed by atoms with van der Waals surface area (Å²) < 4.78 is 1.83.